The van der Waals surface area contributed by atoms with E-state index in [0.717, 1.165) is 0 Å². The second kappa shape index (κ2) is 4.11. The van der Waals surface area contributed by atoms with Gasteiger partial charge in [0.25, 0.3) is 0 Å². The third-order valence-corrected chi connectivity index (χ3v) is 1.93. The standard InChI is InChI=1S/C9H14N2O2/c10-6-2-1-3-8(13)9(6)7(11)4-5-12/h1-3,7,12-13H,4-5,10-11H2. The summed E-state index contributed by atoms with van der Waals surface area (Å²) in [5.41, 5.74) is 12.3. The molecule has 0 aliphatic carbocycles. The Morgan fingerprint density at radius 3 is 2.62 bits per heavy atom. The molecule has 1 atom stereocenters. The highest BCUT2D eigenvalue weighted by Gasteiger charge is 2.12. The monoisotopic (exact) mass is 182 g/mol. The molecule has 1 aromatic carbocycles. The summed E-state index contributed by atoms with van der Waals surface area (Å²) in [5, 5.41) is 18.1. The summed E-state index contributed by atoms with van der Waals surface area (Å²) in [6.45, 7) is -0.0189. The van der Waals surface area contributed by atoms with Crippen LogP contribution in [0.4, 0.5) is 5.69 Å². The van der Waals surface area contributed by atoms with Crippen LogP contribution in [0.3, 0.4) is 0 Å². The van der Waals surface area contributed by atoms with E-state index < -0.39 is 6.04 Å². The van der Waals surface area contributed by atoms with Gasteiger partial charge in [0, 0.05) is 23.9 Å². The van der Waals surface area contributed by atoms with Gasteiger partial charge >= 0.3 is 0 Å². The number of hydrogen-bond donors (Lipinski definition) is 4. The smallest absolute Gasteiger partial charge is 0.122 e. The third kappa shape index (κ3) is 2.11. The van der Waals surface area contributed by atoms with Crippen LogP contribution in [0.5, 0.6) is 5.75 Å². The minimum atomic E-state index is -0.411. The average molecular weight is 182 g/mol. The van der Waals surface area contributed by atoms with Crippen molar-refractivity contribution in [3.8, 4) is 5.75 Å². The summed E-state index contributed by atoms with van der Waals surface area (Å²) in [7, 11) is 0. The number of aromatic hydroxyl groups is 1. The Hall–Kier alpha value is -1.26. The summed E-state index contributed by atoms with van der Waals surface area (Å²) in [4.78, 5) is 0. The fraction of sp³-hybridized carbons (Fsp3) is 0.333. The van der Waals surface area contributed by atoms with Crippen LogP contribution in [-0.2, 0) is 0 Å². The molecule has 1 unspecified atom stereocenters. The molecule has 0 saturated heterocycles. The molecule has 4 heteroatoms. The van der Waals surface area contributed by atoms with Crippen molar-refractivity contribution in [2.75, 3.05) is 12.3 Å². The fourth-order valence-corrected chi connectivity index (χ4v) is 1.26. The van der Waals surface area contributed by atoms with Crippen LogP contribution in [0.2, 0.25) is 0 Å². The fourth-order valence-electron chi connectivity index (χ4n) is 1.26. The lowest BCUT2D eigenvalue weighted by Gasteiger charge is -2.14. The SMILES string of the molecule is Nc1cccc(O)c1C(N)CCO. The van der Waals surface area contributed by atoms with Crippen LogP contribution >= 0.6 is 0 Å². The predicted octanol–water partition coefficient (Wildman–Crippen LogP) is 0.357. The molecule has 0 fully saturated rings. The van der Waals surface area contributed by atoms with Gasteiger partial charge in [0.1, 0.15) is 5.75 Å². The van der Waals surface area contributed by atoms with E-state index in [2.05, 4.69) is 0 Å². The van der Waals surface area contributed by atoms with Crippen molar-refractivity contribution >= 4 is 5.69 Å². The highest BCUT2D eigenvalue weighted by atomic mass is 16.3. The number of rotatable bonds is 3. The first-order chi connectivity index (χ1) is 6.16. The molecule has 0 heterocycles. The Kier molecular flexibility index (Phi) is 3.11. The van der Waals surface area contributed by atoms with E-state index >= 15 is 0 Å². The summed E-state index contributed by atoms with van der Waals surface area (Å²) in [5.74, 6) is 0.0842. The van der Waals surface area contributed by atoms with Crippen LogP contribution < -0.4 is 11.5 Å². The maximum Gasteiger partial charge on any atom is 0.122 e. The van der Waals surface area contributed by atoms with Crippen LogP contribution in [0.15, 0.2) is 18.2 Å². The molecule has 0 saturated carbocycles. The minimum Gasteiger partial charge on any atom is -0.508 e. The second-order valence-electron chi connectivity index (χ2n) is 2.90. The van der Waals surface area contributed by atoms with Crippen molar-refractivity contribution in [2.24, 2.45) is 5.73 Å². The number of phenolic OH excluding ortho intramolecular Hbond substituents is 1. The van der Waals surface area contributed by atoms with Gasteiger partial charge in [-0.1, -0.05) is 6.07 Å². The summed E-state index contributed by atoms with van der Waals surface area (Å²) >= 11 is 0. The normalized spacial score (nSPS) is 12.8. The lowest BCUT2D eigenvalue weighted by atomic mass is 10.0. The lowest BCUT2D eigenvalue weighted by Crippen LogP contribution is -2.14. The largest absolute Gasteiger partial charge is 0.508 e. The van der Waals surface area contributed by atoms with Crippen LogP contribution in [0.1, 0.15) is 18.0 Å². The Labute approximate surface area is 76.8 Å². The van der Waals surface area contributed by atoms with Gasteiger partial charge in [0.15, 0.2) is 0 Å². The zero-order valence-electron chi connectivity index (χ0n) is 7.27. The maximum absolute atomic E-state index is 9.45. The van der Waals surface area contributed by atoms with Gasteiger partial charge in [0.2, 0.25) is 0 Å². The molecular weight excluding hydrogens is 168 g/mol. The average Bonchev–Trinajstić information content (AvgIpc) is 2.04. The molecule has 0 aliphatic rings. The molecule has 0 spiro atoms. The van der Waals surface area contributed by atoms with Crippen LogP contribution in [-0.4, -0.2) is 16.8 Å². The van der Waals surface area contributed by atoms with Crippen molar-refractivity contribution in [1.82, 2.24) is 0 Å². The molecule has 0 aliphatic heterocycles. The Morgan fingerprint density at radius 1 is 1.38 bits per heavy atom. The Morgan fingerprint density at radius 2 is 2.08 bits per heavy atom. The zero-order valence-corrected chi connectivity index (χ0v) is 7.27. The van der Waals surface area contributed by atoms with E-state index in [1.165, 1.54) is 6.07 Å². The number of hydrogen-bond acceptors (Lipinski definition) is 4. The predicted molar refractivity (Wildman–Crippen MR) is 51.2 cm³/mol. The van der Waals surface area contributed by atoms with Crippen molar-refractivity contribution < 1.29 is 10.2 Å². The number of nitrogens with two attached hydrogens (primary N) is 2. The van der Waals surface area contributed by atoms with Gasteiger partial charge in [-0.3, -0.25) is 0 Å². The Balaban J connectivity index is 2.98. The number of nitrogen functional groups attached to an aromatic ring is 1. The first kappa shape index (κ1) is 9.83. The van der Waals surface area contributed by atoms with E-state index in [1.54, 1.807) is 12.1 Å². The molecule has 6 N–H and O–H groups in total. The molecule has 13 heavy (non-hydrogen) atoms. The summed E-state index contributed by atoms with van der Waals surface area (Å²) in [6.07, 6.45) is 0.391. The Bertz CT molecular complexity index is 269. The number of benzene rings is 1. The van der Waals surface area contributed by atoms with Crippen molar-refractivity contribution in [1.29, 1.82) is 0 Å². The molecule has 0 bridgehead atoms. The van der Waals surface area contributed by atoms with Gasteiger partial charge in [-0.2, -0.15) is 0 Å². The topological polar surface area (TPSA) is 92.5 Å². The molecule has 72 valence electrons. The highest BCUT2D eigenvalue weighted by molar-refractivity contribution is 5.55. The molecule has 4 nitrogen and oxygen atoms in total. The first-order valence-corrected chi connectivity index (χ1v) is 4.10. The van der Waals surface area contributed by atoms with E-state index in [1.807, 2.05) is 0 Å². The number of aliphatic hydroxyl groups is 1. The van der Waals surface area contributed by atoms with Crippen molar-refractivity contribution in [2.45, 2.75) is 12.5 Å². The van der Waals surface area contributed by atoms with Gasteiger partial charge in [-0.15, -0.1) is 0 Å². The molecule has 0 amide bonds. The second-order valence-corrected chi connectivity index (χ2v) is 2.90. The van der Waals surface area contributed by atoms with Gasteiger partial charge in [0.05, 0.1) is 0 Å². The number of aliphatic hydroxyl groups excluding tert-OH is 1. The van der Waals surface area contributed by atoms with E-state index in [4.69, 9.17) is 16.6 Å². The summed E-state index contributed by atoms with van der Waals surface area (Å²) in [6, 6.07) is 4.45. The number of anilines is 1. The number of phenols is 1. The third-order valence-electron chi connectivity index (χ3n) is 1.93. The molecule has 1 aromatic rings. The van der Waals surface area contributed by atoms with E-state index in [0.29, 0.717) is 17.7 Å². The first-order valence-electron chi connectivity index (χ1n) is 4.10. The van der Waals surface area contributed by atoms with E-state index in [9.17, 15) is 5.11 Å². The minimum absolute atomic E-state index is 0.0189. The van der Waals surface area contributed by atoms with Crippen molar-refractivity contribution in [3.63, 3.8) is 0 Å². The highest BCUT2D eigenvalue weighted by Crippen LogP contribution is 2.29. The summed E-state index contributed by atoms with van der Waals surface area (Å²) < 4.78 is 0. The molecule has 0 radical (unpaired) electrons. The van der Waals surface area contributed by atoms with E-state index in [-0.39, 0.29) is 12.4 Å². The van der Waals surface area contributed by atoms with Crippen LogP contribution in [0, 0.1) is 0 Å². The molecular formula is C9H14N2O2. The maximum atomic E-state index is 9.45. The van der Waals surface area contributed by atoms with Gasteiger partial charge in [-0.25, -0.2) is 0 Å². The zero-order chi connectivity index (χ0) is 9.84. The lowest BCUT2D eigenvalue weighted by molar-refractivity contribution is 0.275. The molecule has 1 rings (SSSR count). The van der Waals surface area contributed by atoms with Crippen LogP contribution in [0.25, 0.3) is 0 Å². The van der Waals surface area contributed by atoms with Crippen molar-refractivity contribution in [3.05, 3.63) is 23.8 Å². The van der Waals surface area contributed by atoms with Gasteiger partial charge < -0.3 is 21.7 Å². The van der Waals surface area contributed by atoms with Gasteiger partial charge in [-0.05, 0) is 18.6 Å². The molecule has 0 aromatic heterocycles. The quantitative estimate of drug-likeness (QED) is 0.508.